The minimum atomic E-state index is -0.582. The molecule has 0 saturated carbocycles. The van der Waals surface area contributed by atoms with Crippen LogP contribution in [0.1, 0.15) is 49.2 Å². The van der Waals surface area contributed by atoms with E-state index >= 15 is 0 Å². The first-order valence-corrected chi connectivity index (χ1v) is 12.5. The van der Waals surface area contributed by atoms with E-state index < -0.39 is 5.91 Å². The average molecular weight is 511 g/mol. The van der Waals surface area contributed by atoms with Gasteiger partial charge in [0, 0.05) is 10.6 Å². The molecule has 1 unspecified atom stereocenters. The second-order valence-corrected chi connectivity index (χ2v) is 9.23. The van der Waals surface area contributed by atoms with Crippen LogP contribution in [0.2, 0.25) is 5.02 Å². The number of hydrogen-bond donors (Lipinski definition) is 1. The number of nitrogens with zero attached hydrogens (tertiary/aromatic N) is 3. The fraction of sp³-hybridized carbons (Fsp3) is 0.308. The first kappa shape index (κ1) is 26.2. The molecule has 0 bridgehead atoms. The summed E-state index contributed by atoms with van der Waals surface area (Å²) in [6.07, 6.45) is 3.24. The number of halogens is 1. The lowest BCUT2D eigenvalue weighted by molar-refractivity contribution is -0.112. The van der Waals surface area contributed by atoms with E-state index in [1.54, 1.807) is 18.2 Å². The summed E-state index contributed by atoms with van der Waals surface area (Å²) in [5.41, 5.74) is 1.68. The molecule has 0 fully saturated rings. The molecule has 0 saturated heterocycles. The minimum Gasteiger partial charge on any atom is -0.490 e. The highest BCUT2D eigenvalue weighted by Gasteiger charge is 2.14. The van der Waals surface area contributed by atoms with Crippen molar-refractivity contribution in [1.29, 1.82) is 5.26 Å². The van der Waals surface area contributed by atoms with E-state index in [9.17, 15) is 10.1 Å². The van der Waals surface area contributed by atoms with Crippen LogP contribution in [0.4, 0.5) is 5.13 Å². The summed E-state index contributed by atoms with van der Waals surface area (Å²) >= 11 is 7.41. The maximum atomic E-state index is 12.6. The molecule has 7 nitrogen and oxygen atoms in total. The van der Waals surface area contributed by atoms with Crippen LogP contribution in [0.15, 0.2) is 48.0 Å². The number of aromatic nitrogens is 2. The molecule has 0 aliphatic rings. The number of anilines is 1. The first-order chi connectivity index (χ1) is 16.9. The summed E-state index contributed by atoms with van der Waals surface area (Å²) in [5.74, 6) is 1.18. The Morgan fingerprint density at radius 1 is 1.17 bits per heavy atom. The van der Waals surface area contributed by atoms with Crippen molar-refractivity contribution in [2.45, 2.75) is 39.5 Å². The van der Waals surface area contributed by atoms with Crippen molar-refractivity contribution >= 4 is 40.1 Å². The number of rotatable bonds is 11. The van der Waals surface area contributed by atoms with Crippen LogP contribution in [0.3, 0.4) is 0 Å². The van der Waals surface area contributed by atoms with Gasteiger partial charge in [0.1, 0.15) is 41.4 Å². The number of benzene rings is 2. The molecule has 1 amide bonds. The molecule has 1 atom stereocenters. The Morgan fingerprint density at radius 3 is 2.57 bits per heavy atom. The fourth-order valence-electron chi connectivity index (χ4n) is 3.12. The molecule has 1 heterocycles. The monoisotopic (exact) mass is 510 g/mol. The summed E-state index contributed by atoms with van der Waals surface area (Å²) in [6.45, 7) is 6.91. The highest BCUT2D eigenvalue weighted by molar-refractivity contribution is 7.15. The van der Waals surface area contributed by atoms with E-state index in [0.717, 1.165) is 17.2 Å². The molecule has 1 aromatic heterocycles. The largest absolute Gasteiger partial charge is 0.490 e. The van der Waals surface area contributed by atoms with Crippen molar-refractivity contribution in [2.24, 2.45) is 0 Å². The normalized spacial score (nSPS) is 12.0. The van der Waals surface area contributed by atoms with Crippen molar-refractivity contribution < 1.29 is 14.3 Å². The van der Waals surface area contributed by atoms with Gasteiger partial charge in [-0.2, -0.15) is 5.26 Å². The Kier molecular flexibility index (Phi) is 9.65. The number of aryl methyl sites for hydroxylation is 1. The molecule has 0 aliphatic heterocycles. The molecule has 2 aromatic carbocycles. The quantitative estimate of drug-likeness (QED) is 0.185. The topological polar surface area (TPSA) is 97.1 Å². The zero-order chi connectivity index (χ0) is 25.2. The third kappa shape index (κ3) is 7.54. The molecule has 35 heavy (non-hydrogen) atoms. The second kappa shape index (κ2) is 12.9. The summed E-state index contributed by atoms with van der Waals surface area (Å²) in [7, 11) is 0. The summed E-state index contributed by atoms with van der Waals surface area (Å²) in [5, 5.41) is 21.6. The molecule has 0 radical (unpaired) electrons. The van der Waals surface area contributed by atoms with Gasteiger partial charge in [-0.25, -0.2) is 0 Å². The maximum absolute atomic E-state index is 12.6. The van der Waals surface area contributed by atoms with E-state index in [-0.39, 0.29) is 12.2 Å². The number of nitriles is 1. The standard InChI is InChI=1S/C26H27ClN4O3S/c1-4-17(3)18-6-9-22(10-7-18)33-12-13-34-23-11-8-21(27)15-19(23)14-20(16-28)25(32)29-26-31-30-24(5-2)35-26/h6-11,14-15,17H,4-5,12-13H2,1-3H3,(H,29,31,32). The van der Waals surface area contributed by atoms with Gasteiger partial charge in [0.2, 0.25) is 5.13 Å². The van der Waals surface area contributed by atoms with Crippen molar-refractivity contribution in [2.75, 3.05) is 18.5 Å². The Labute approximate surface area is 214 Å². The van der Waals surface area contributed by atoms with Gasteiger partial charge < -0.3 is 9.47 Å². The smallest absolute Gasteiger partial charge is 0.268 e. The van der Waals surface area contributed by atoms with E-state index in [1.165, 1.54) is 23.0 Å². The molecule has 182 valence electrons. The van der Waals surface area contributed by atoms with Crippen LogP contribution in [-0.2, 0) is 11.2 Å². The highest BCUT2D eigenvalue weighted by Crippen LogP contribution is 2.26. The van der Waals surface area contributed by atoms with Crippen LogP contribution in [0.25, 0.3) is 6.08 Å². The van der Waals surface area contributed by atoms with Crippen LogP contribution >= 0.6 is 22.9 Å². The van der Waals surface area contributed by atoms with Gasteiger partial charge in [-0.3, -0.25) is 10.1 Å². The van der Waals surface area contributed by atoms with Gasteiger partial charge in [-0.05, 0) is 60.7 Å². The predicted octanol–water partition coefficient (Wildman–Crippen LogP) is 6.27. The summed E-state index contributed by atoms with van der Waals surface area (Å²) in [6, 6.07) is 15.0. The molecule has 0 spiro atoms. The lowest BCUT2D eigenvalue weighted by Crippen LogP contribution is -2.13. The Hall–Kier alpha value is -3.41. The molecule has 1 N–H and O–H groups in total. The average Bonchev–Trinajstić information content (AvgIpc) is 3.33. The molecular weight excluding hydrogens is 484 g/mol. The van der Waals surface area contributed by atoms with E-state index in [2.05, 4.69) is 41.5 Å². The third-order valence-electron chi connectivity index (χ3n) is 5.30. The summed E-state index contributed by atoms with van der Waals surface area (Å²) < 4.78 is 11.6. The maximum Gasteiger partial charge on any atom is 0.268 e. The number of amides is 1. The van der Waals surface area contributed by atoms with Gasteiger partial charge in [-0.15, -0.1) is 10.2 Å². The number of ether oxygens (including phenoxy) is 2. The number of carbonyl (C=O) groups is 1. The zero-order valence-corrected chi connectivity index (χ0v) is 21.4. The number of hydrogen-bond acceptors (Lipinski definition) is 7. The molecule has 0 aliphatic carbocycles. The lowest BCUT2D eigenvalue weighted by atomic mass is 9.99. The van der Waals surface area contributed by atoms with E-state index in [4.69, 9.17) is 21.1 Å². The lowest BCUT2D eigenvalue weighted by Gasteiger charge is -2.12. The second-order valence-electron chi connectivity index (χ2n) is 7.74. The number of nitrogens with one attached hydrogen (secondary N) is 1. The van der Waals surface area contributed by atoms with Crippen molar-refractivity contribution in [3.63, 3.8) is 0 Å². The number of carbonyl (C=O) groups excluding carboxylic acids is 1. The minimum absolute atomic E-state index is 0.108. The Morgan fingerprint density at radius 2 is 1.91 bits per heavy atom. The van der Waals surface area contributed by atoms with E-state index in [0.29, 0.717) is 40.4 Å². The first-order valence-electron chi connectivity index (χ1n) is 11.3. The third-order valence-corrected chi connectivity index (χ3v) is 6.52. The highest BCUT2D eigenvalue weighted by atomic mass is 35.5. The van der Waals surface area contributed by atoms with Crippen molar-refractivity contribution in [1.82, 2.24) is 10.2 Å². The van der Waals surface area contributed by atoms with Gasteiger partial charge in [-0.1, -0.05) is 55.8 Å². The van der Waals surface area contributed by atoms with Crippen LogP contribution in [-0.4, -0.2) is 29.3 Å². The predicted molar refractivity (Wildman–Crippen MR) is 139 cm³/mol. The molecule has 9 heteroatoms. The van der Waals surface area contributed by atoms with Crippen LogP contribution < -0.4 is 14.8 Å². The molecule has 3 rings (SSSR count). The van der Waals surface area contributed by atoms with Crippen molar-refractivity contribution in [3.05, 3.63) is 69.2 Å². The van der Waals surface area contributed by atoms with Crippen molar-refractivity contribution in [3.8, 4) is 17.6 Å². The van der Waals surface area contributed by atoms with Gasteiger partial charge in [0.25, 0.3) is 5.91 Å². The Bertz CT molecular complexity index is 1220. The van der Waals surface area contributed by atoms with Crippen LogP contribution in [0.5, 0.6) is 11.5 Å². The zero-order valence-electron chi connectivity index (χ0n) is 19.9. The SMILES string of the molecule is CCc1nnc(NC(=O)C(C#N)=Cc2cc(Cl)ccc2OCCOc2ccc(C(C)CC)cc2)s1. The Balaban J connectivity index is 1.63. The fourth-order valence-corrected chi connectivity index (χ4v) is 3.97. The van der Waals surface area contributed by atoms with Gasteiger partial charge in [0.15, 0.2) is 0 Å². The molecule has 3 aromatic rings. The molecular formula is C26H27ClN4O3S. The van der Waals surface area contributed by atoms with Crippen LogP contribution in [0, 0.1) is 11.3 Å². The van der Waals surface area contributed by atoms with E-state index in [1.807, 2.05) is 25.1 Å². The van der Waals surface area contributed by atoms with Gasteiger partial charge in [0.05, 0.1) is 0 Å². The van der Waals surface area contributed by atoms with Gasteiger partial charge >= 0.3 is 0 Å². The summed E-state index contributed by atoms with van der Waals surface area (Å²) in [4.78, 5) is 12.6.